The summed E-state index contributed by atoms with van der Waals surface area (Å²) in [7, 11) is 0. The molecule has 0 spiro atoms. The molecule has 0 bridgehead atoms. The molecular formula is C22H30ClN3O2. The molecule has 152 valence electrons. The van der Waals surface area contributed by atoms with Gasteiger partial charge in [-0.05, 0) is 44.4 Å². The van der Waals surface area contributed by atoms with Gasteiger partial charge in [0, 0.05) is 38.4 Å². The first-order chi connectivity index (χ1) is 13.1. The number of hydrogen-bond acceptors (Lipinski definition) is 4. The van der Waals surface area contributed by atoms with E-state index in [0.717, 1.165) is 52.0 Å². The maximum atomic E-state index is 12.5. The lowest BCUT2D eigenvalue weighted by Gasteiger charge is -2.37. The molecule has 0 N–H and O–H groups in total. The Labute approximate surface area is 173 Å². The number of nitrogens with zero attached hydrogens (tertiary/aromatic N) is 3. The van der Waals surface area contributed by atoms with Gasteiger partial charge in [0.2, 0.25) is 11.8 Å². The van der Waals surface area contributed by atoms with E-state index in [1.165, 1.54) is 16.2 Å². The van der Waals surface area contributed by atoms with E-state index in [1.54, 1.807) is 0 Å². The summed E-state index contributed by atoms with van der Waals surface area (Å²) in [6.07, 6.45) is 6.42. The van der Waals surface area contributed by atoms with Gasteiger partial charge in [0.15, 0.2) is 0 Å². The summed E-state index contributed by atoms with van der Waals surface area (Å²) in [5.41, 5.74) is 2.66. The third kappa shape index (κ3) is 4.11. The zero-order chi connectivity index (χ0) is 18.8. The van der Waals surface area contributed by atoms with Crippen LogP contribution in [-0.2, 0) is 9.59 Å². The van der Waals surface area contributed by atoms with Crippen molar-refractivity contribution in [3.63, 3.8) is 0 Å². The lowest BCUT2D eigenvalue weighted by atomic mass is 9.85. The maximum absolute atomic E-state index is 12.5. The molecule has 2 fully saturated rings. The number of rotatable bonds is 5. The Hall–Kier alpha value is -1.85. The minimum atomic E-state index is -0.0971. The van der Waals surface area contributed by atoms with E-state index in [0.29, 0.717) is 6.54 Å². The maximum Gasteiger partial charge on any atom is 0.233 e. The molecule has 1 aromatic carbocycles. The molecule has 0 aromatic heterocycles. The average Bonchev–Trinajstić information content (AvgIpc) is 2.94. The van der Waals surface area contributed by atoms with Crippen molar-refractivity contribution in [3.8, 4) is 0 Å². The molecule has 2 unspecified atom stereocenters. The summed E-state index contributed by atoms with van der Waals surface area (Å²) in [4.78, 5) is 31.5. The van der Waals surface area contributed by atoms with Crippen molar-refractivity contribution in [2.45, 2.75) is 26.2 Å². The van der Waals surface area contributed by atoms with Crippen molar-refractivity contribution in [2.75, 3.05) is 44.2 Å². The van der Waals surface area contributed by atoms with Crippen LogP contribution >= 0.6 is 12.4 Å². The largest absolute Gasteiger partial charge is 0.369 e. The molecule has 4 rings (SSSR count). The summed E-state index contributed by atoms with van der Waals surface area (Å²) in [6.45, 7) is 7.81. The van der Waals surface area contributed by atoms with Crippen molar-refractivity contribution in [2.24, 2.45) is 11.8 Å². The summed E-state index contributed by atoms with van der Waals surface area (Å²) in [5, 5.41) is 0. The number of carbonyl (C=O) groups is 2. The van der Waals surface area contributed by atoms with Gasteiger partial charge < -0.3 is 4.90 Å². The van der Waals surface area contributed by atoms with Crippen LogP contribution in [0.2, 0.25) is 0 Å². The number of likely N-dealkylation sites (tertiary alicyclic amines) is 1. The van der Waals surface area contributed by atoms with Crippen LogP contribution < -0.4 is 4.90 Å². The molecule has 6 heteroatoms. The van der Waals surface area contributed by atoms with Gasteiger partial charge in [-0.3, -0.25) is 19.4 Å². The highest BCUT2D eigenvalue weighted by Gasteiger charge is 2.46. The molecule has 1 aromatic rings. The van der Waals surface area contributed by atoms with Crippen LogP contribution in [0.5, 0.6) is 0 Å². The Morgan fingerprint density at radius 1 is 0.893 bits per heavy atom. The highest BCUT2D eigenvalue weighted by atomic mass is 35.5. The molecule has 2 heterocycles. The number of imide groups is 1. The molecule has 2 saturated heterocycles. The summed E-state index contributed by atoms with van der Waals surface area (Å²) < 4.78 is 0. The number of para-hydroxylation sites is 1. The second kappa shape index (κ2) is 9.10. The highest BCUT2D eigenvalue weighted by molar-refractivity contribution is 6.05. The second-order valence-corrected chi connectivity index (χ2v) is 7.95. The van der Waals surface area contributed by atoms with Crippen molar-refractivity contribution < 1.29 is 9.59 Å². The molecular weight excluding hydrogens is 374 g/mol. The number of aryl methyl sites for hydroxylation is 1. The minimum absolute atomic E-state index is 0. The second-order valence-electron chi connectivity index (χ2n) is 7.95. The predicted molar refractivity (Wildman–Crippen MR) is 114 cm³/mol. The fourth-order valence-electron chi connectivity index (χ4n) is 4.67. The highest BCUT2D eigenvalue weighted by Crippen LogP contribution is 2.35. The van der Waals surface area contributed by atoms with Gasteiger partial charge in [-0.2, -0.15) is 0 Å². The first kappa shape index (κ1) is 20.9. The fourth-order valence-corrected chi connectivity index (χ4v) is 4.67. The zero-order valence-electron chi connectivity index (χ0n) is 16.5. The molecule has 2 atom stereocenters. The topological polar surface area (TPSA) is 43.9 Å². The first-order valence-electron chi connectivity index (χ1n) is 10.2. The van der Waals surface area contributed by atoms with Gasteiger partial charge in [-0.1, -0.05) is 30.4 Å². The number of fused-ring (bicyclic) bond motifs is 1. The Balaban J connectivity index is 0.00000225. The van der Waals surface area contributed by atoms with Gasteiger partial charge in [-0.15, -0.1) is 12.4 Å². The number of anilines is 1. The van der Waals surface area contributed by atoms with Crippen LogP contribution in [-0.4, -0.2) is 60.9 Å². The Morgan fingerprint density at radius 3 is 2.11 bits per heavy atom. The molecule has 1 aliphatic carbocycles. The standard InChI is InChI=1S/C22H29N3O2.ClH/c1-17-7-2-5-10-20(17)24-15-13-23(14-16-24)11-6-12-25-21(26)18-8-3-4-9-19(18)22(25)27;/h2-5,7,10,18-19H,6,8-9,11-16H2,1H3;1H. The van der Waals surface area contributed by atoms with Crippen LogP contribution in [0.25, 0.3) is 0 Å². The van der Waals surface area contributed by atoms with Crippen molar-refractivity contribution >= 4 is 29.9 Å². The van der Waals surface area contributed by atoms with Gasteiger partial charge in [-0.25, -0.2) is 0 Å². The van der Waals surface area contributed by atoms with Crippen LogP contribution in [0, 0.1) is 18.8 Å². The number of allylic oxidation sites excluding steroid dienone is 2. The van der Waals surface area contributed by atoms with E-state index < -0.39 is 0 Å². The van der Waals surface area contributed by atoms with Gasteiger partial charge in [0.25, 0.3) is 0 Å². The number of halogens is 1. The molecule has 5 nitrogen and oxygen atoms in total. The monoisotopic (exact) mass is 403 g/mol. The normalized spacial score (nSPS) is 25.0. The molecule has 28 heavy (non-hydrogen) atoms. The van der Waals surface area contributed by atoms with E-state index in [1.807, 2.05) is 12.2 Å². The van der Waals surface area contributed by atoms with Crippen molar-refractivity contribution in [3.05, 3.63) is 42.0 Å². The van der Waals surface area contributed by atoms with Crippen molar-refractivity contribution in [1.82, 2.24) is 9.80 Å². The van der Waals surface area contributed by atoms with Crippen LogP contribution in [0.3, 0.4) is 0 Å². The molecule has 3 aliphatic rings. The number of amides is 2. The van der Waals surface area contributed by atoms with E-state index in [-0.39, 0.29) is 36.1 Å². The SMILES string of the molecule is Cc1ccccc1N1CCN(CCCN2C(=O)C3CC=CCC3C2=O)CC1.Cl. The molecule has 2 aliphatic heterocycles. The number of hydrogen-bond donors (Lipinski definition) is 0. The lowest BCUT2D eigenvalue weighted by molar-refractivity contribution is -0.140. The summed E-state index contributed by atoms with van der Waals surface area (Å²) >= 11 is 0. The smallest absolute Gasteiger partial charge is 0.233 e. The first-order valence-corrected chi connectivity index (χ1v) is 10.2. The van der Waals surface area contributed by atoms with Crippen LogP contribution in [0.4, 0.5) is 5.69 Å². The van der Waals surface area contributed by atoms with E-state index in [2.05, 4.69) is 41.0 Å². The predicted octanol–water partition coefficient (Wildman–Crippen LogP) is 2.88. The molecule has 2 amide bonds. The molecule has 0 saturated carbocycles. The summed E-state index contributed by atoms with van der Waals surface area (Å²) in [6, 6.07) is 8.55. The van der Waals surface area contributed by atoms with E-state index in [9.17, 15) is 9.59 Å². The quantitative estimate of drug-likeness (QED) is 0.560. The van der Waals surface area contributed by atoms with Crippen LogP contribution in [0.1, 0.15) is 24.8 Å². The van der Waals surface area contributed by atoms with E-state index in [4.69, 9.17) is 0 Å². The molecule has 0 radical (unpaired) electrons. The lowest BCUT2D eigenvalue weighted by Crippen LogP contribution is -2.47. The third-order valence-corrected chi connectivity index (χ3v) is 6.28. The van der Waals surface area contributed by atoms with Gasteiger partial charge >= 0.3 is 0 Å². The van der Waals surface area contributed by atoms with Crippen molar-refractivity contribution in [1.29, 1.82) is 0 Å². The Morgan fingerprint density at radius 2 is 1.50 bits per heavy atom. The van der Waals surface area contributed by atoms with Crippen LogP contribution in [0.15, 0.2) is 36.4 Å². The minimum Gasteiger partial charge on any atom is -0.369 e. The van der Waals surface area contributed by atoms with Gasteiger partial charge in [0.1, 0.15) is 0 Å². The number of piperazine rings is 1. The Kier molecular flexibility index (Phi) is 6.78. The van der Waals surface area contributed by atoms with Gasteiger partial charge in [0.05, 0.1) is 11.8 Å². The summed E-state index contributed by atoms with van der Waals surface area (Å²) in [5.74, 6) is -0.0854. The third-order valence-electron chi connectivity index (χ3n) is 6.28. The number of benzene rings is 1. The Bertz CT molecular complexity index is 717. The zero-order valence-corrected chi connectivity index (χ0v) is 17.4. The van der Waals surface area contributed by atoms with E-state index >= 15 is 0 Å². The average molecular weight is 404 g/mol. The number of carbonyl (C=O) groups excluding carboxylic acids is 2. The fraction of sp³-hybridized carbons (Fsp3) is 0.545.